The molecule has 0 bridgehead atoms. The minimum absolute atomic E-state index is 0.0882. The van der Waals surface area contributed by atoms with Crippen LogP contribution < -0.4 is 5.32 Å². The molecular weight excluding hydrogens is 198 g/mol. The minimum atomic E-state index is -0.0882. The Hall–Kier alpha value is -0.860. The number of hydrogen-bond donors (Lipinski definition) is 2. The lowest BCUT2D eigenvalue weighted by atomic mass is 9.84. The van der Waals surface area contributed by atoms with Gasteiger partial charge in [0.1, 0.15) is 0 Å². The van der Waals surface area contributed by atoms with Crippen LogP contribution in [0.25, 0.3) is 0 Å². The number of aliphatic hydroxyl groups excluding tert-OH is 1. The van der Waals surface area contributed by atoms with Crippen LogP contribution in [-0.4, -0.2) is 17.3 Å². The van der Waals surface area contributed by atoms with Crippen molar-refractivity contribution in [3.05, 3.63) is 35.9 Å². The first-order valence-corrected chi connectivity index (χ1v) is 6.21. The van der Waals surface area contributed by atoms with E-state index in [4.69, 9.17) is 0 Å². The smallest absolute Gasteiger partial charge is 0.0566 e. The second-order valence-corrected chi connectivity index (χ2v) is 4.92. The predicted molar refractivity (Wildman–Crippen MR) is 66.1 cm³/mol. The van der Waals surface area contributed by atoms with Gasteiger partial charge in [0.05, 0.1) is 6.10 Å². The van der Waals surface area contributed by atoms with Crippen molar-refractivity contribution in [1.82, 2.24) is 5.32 Å². The molecule has 88 valence electrons. The Bertz CT molecular complexity index is 312. The second-order valence-electron chi connectivity index (χ2n) is 4.92. The zero-order valence-electron chi connectivity index (χ0n) is 9.89. The van der Waals surface area contributed by atoms with Crippen molar-refractivity contribution in [1.29, 1.82) is 0 Å². The molecule has 0 aliphatic heterocycles. The van der Waals surface area contributed by atoms with Gasteiger partial charge in [0.25, 0.3) is 0 Å². The normalized spacial score (nSPS) is 30.2. The quantitative estimate of drug-likeness (QED) is 0.817. The van der Waals surface area contributed by atoms with Crippen LogP contribution in [0.4, 0.5) is 0 Å². The topological polar surface area (TPSA) is 32.3 Å². The minimum Gasteiger partial charge on any atom is -0.393 e. The van der Waals surface area contributed by atoms with Gasteiger partial charge >= 0.3 is 0 Å². The first kappa shape index (κ1) is 11.6. The third-order valence-electron chi connectivity index (χ3n) is 3.56. The summed E-state index contributed by atoms with van der Waals surface area (Å²) in [5.74, 6) is 0.432. The van der Waals surface area contributed by atoms with Crippen LogP contribution >= 0.6 is 0 Å². The fraction of sp³-hybridized carbons (Fsp3) is 0.571. The van der Waals surface area contributed by atoms with E-state index in [2.05, 4.69) is 36.5 Å². The van der Waals surface area contributed by atoms with Crippen LogP contribution in [0.5, 0.6) is 0 Å². The number of benzene rings is 1. The zero-order valence-corrected chi connectivity index (χ0v) is 9.89. The summed E-state index contributed by atoms with van der Waals surface area (Å²) in [6.07, 6.45) is 3.04. The van der Waals surface area contributed by atoms with Gasteiger partial charge in [-0.1, -0.05) is 37.3 Å². The maximum atomic E-state index is 9.65. The summed E-state index contributed by atoms with van der Waals surface area (Å²) in [4.78, 5) is 0. The maximum Gasteiger partial charge on any atom is 0.0566 e. The number of nitrogens with one attached hydrogen (secondary N) is 1. The molecule has 2 N–H and O–H groups in total. The van der Waals surface area contributed by atoms with Gasteiger partial charge < -0.3 is 10.4 Å². The van der Waals surface area contributed by atoms with Crippen LogP contribution in [0.1, 0.15) is 31.7 Å². The number of hydrogen-bond acceptors (Lipinski definition) is 2. The van der Waals surface area contributed by atoms with E-state index in [1.807, 2.05) is 6.07 Å². The van der Waals surface area contributed by atoms with Crippen molar-refractivity contribution in [2.45, 2.75) is 44.9 Å². The third-order valence-corrected chi connectivity index (χ3v) is 3.56. The molecule has 0 saturated heterocycles. The lowest BCUT2D eigenvalue weighted by Crippen LogP contribution is -2.38. The van der Waals surface area contributed by atoms with E-state index in [-0.39, 0.29) is 6.10 Å². The molecule has 1 fully saturated rings. The summed E-state index contributed by atoms with van der Waals surface area (Å²) in [6.45, 7) is 3.08. The molecular formula is C14H21NO. The van der Waals surface area contributed by atoms with Crippen molar-refractivity contribution in [3.8, 4) is 0 Å². The predicted octanol–water partition coefficient (Wildman–Crippen LogP) is 2.33. The summed E-state index contributed by atoms with van der Waals surface area (Å²) in [6, 6.07) is 11.1. The zero-order chi connectivity index (χ0) is 11.4. The number of aliphatic hydroxyl groups is 1. The molecule has 1 aliphatic rings. The Labute approximate surface area is 97.7 Å². The third kappa shape index (κ3) is 3.06. The molecule has 1 aromatic carbocycles. The standard InChI is InChI=1S/C14H21NO/c1-11-9-13(7-8-14(11)16)15-10-12-5-3-2-4-6-12/h2-6,11,13-16H,7-10H2,1H3/t11-,13+,14+/m1/s1. The molecule has 1 aromatic rings. The number of rotatable bonds is 3. The van der Waals surface area contributed by atoms with Gasteiger partial charge in [-0.25, -0.2) is 0 Å². The van der Waals surface area contributed by atoms with Gasteiger partial charge in [0.2, 0.25) is 0 Å². The van der Waals surface area contributed by atoms with Crippen molar-refractivity contribution < 1.29 is 5.11 Å². The average Bonchev–Trinajstić information content (AvgIpc) is 2.32. The van der Waals surface area contributed by atoms with Crippen molar-refractivity contribution >= 4 is 0 Å². The highest BCUT2D eigenvalue weighted by Gasteiger charge is 2.25. The fourth-order valence-electron chi connectivity index (χ4n) is 2.42. The molecule has 2 heteroatoms. The van der Waals surface area contributed by atoms with Gasteiger partial charge in [0.15, 0.2) is 0 Å². The molecule has 0 aromatic heterocycles. The molecule has 1 aliphatic carbocycles. The van der Waals surface area contributed by atoms with E-state index in [0.717, 1.165) is 25.8 Å². The summed E-state index contributed by atoms with van der Waals surface area (Å²) < 4.78 is 0. The largest absolute Gasteiger partial charge is 0.393 e. The van der Waals surface area contributed by atoms with Crippen LogP contribution in [0.15, 0.2) is 30.3 Å². The maximum absolute atomic E-state index is 9.65. The molecule has 1 saturated carbocycles. The highest BCUT2D eigenvalue weighted by Crippen LogP contribution is 2.24. The van der Waals surface area contributed by atoms with Gasteiger partial charge in [0, 0.05) is 12.6 Å². The van der Waals surface area contributed by atoms with E-state index in [0.29, 0.717) is 12.0 Å². The molecule has 3 atom stereocenters. The molecule has 0 heterocycles. The van der Waals surface area contributed by atoms with Gasteiger partial charge in [-0.15, -0.1) is 0 Å². The van der Waals surface area contributed by atoms with Crippen molar-refractivity contribution in [2.75, 3.05) is 0 Å². The van der Waals surface area contributed by atoms with Crippen molar-refractivity contribution in [2.24, 2.45) is 5.92 Å². The van der Waals surface area contributed by atoms with Crippen LogP contribution in [0.3, 0.4) is 0 Å². The Kier molecular flexibility index (Phi) is 3.97. The summed E-state index contributed by atoms with van der Waals surface area (Å²) in [7, 11) is 0. The summed E-state index contributed by atoms with van der Waals surface area (Å²) in [5.41, 5.74) is 1.33. The van der Waals surface area contributed by atoms with E-state index in [9.17, 15) is 5.11 Å². The molecule has 0 amide bonds. The van der Waals surface area contributed by atoms with Gasteiger partial charge in [-0.05, 0) is 30.7 Å². The van der Waals surface area contributed by atoms with Crippen LogP contribution in [-0.2, 0) is 6.54 Å². The lowest BCUT2D eigenvalue weighted by Gasteiger charge is -2.31. The first-order valence-electron chi connectivity index (χ1n) is 6.21. The van der Waals surface area contributed by atoms with Gasteiger partial charge in [-0.3, -0.25) is 0 Å². The van der Waals surface area contributed by atoms with Crippen molar-refractivity contribution in [3.63, 3.8) is 0 Å². The Morgan fingerprint density at radius 2 is 2.00 bits per heavy atom. The van der Waals surface area contributed by atoms with Crippen LogP contribution in [0.2, 0.25) is 0 Å². The molecule has 16 heavy (non-hydrogen) atoms. The Balaban J connectivity index is 1.79. The molecule has 0 spiro atoms. The monoisotopic (exact) mass is 219 g/mol. The highest BCUT2D eigenvalue weighted by atomic mass is 16.3. The lowest BCUT2D eigenvalue weighted by molar-refractivity contribution is 0.0657. The molecule has 0 unspecified atom stereocenters. The van der Waals surface area contributed by atoms with E-state index in [1.54, 1.807) is 0 Å². The summed E-state index contributed by atoms with van der Waals surface area (Å²) >= 11 is 0. The van der Waals surface area contributed by atoms with Gasteiger partial charge in [-0.2, -0.15) is 0 Å². The van der Waals surface area contributed by atoms with E-state index in [1.165, 1.54) is 5.56 Å². The second kappa shape index (κ2) is 5.46. The SMILES string of the molecule is C[C@@H]1C[C@@H](NCc2ccccc2)CC[C@@H]1O. The average molecular weight is 219 g/mol. The molecule has 0 radical (unpaired) electrons. The molecule has 2 nitrogen and oxygen atoms in total. The Morgan fingerprint density at radius 1 is 1.25 bits per heavy atom. The highest BCUT2D eigenvalue weighted by molar-refractivity contribution is 5.14. The van der Waals surface area contributed by atoms with Crippen LogP contribution in [0, 0.1) is 5.92 Å². The summed E-state index contributed by atoms with van der Waals surface area (Å²) in [5, 5.41) is 13.2. The molecule has 2 rings (SSSR count). The van der Waals surface area contributed by atoms with E-state index < -0.39 is 0 Å². The first-order chi connectivity index (χ1) is 7.75. The fourth-order valence-corrected chi connectivity index (χ4v) is 2.42. The van der Waals surface area contributed by atoms with E-state index >= 15 is 0 Å². The Morgan fingerprint density at radius 3 is 2.69 bits per heavy atom.